The molecule has 0 aliphatic carbocycles. The molecule has 0 spiro atoms. The summed E-state index contributed by atoms with van der Waals surface area (Å²) < 4.78 is 25.1. The predicted octanol–water partition coefficient (Wildman–Crippen LogP) is 2.88. The average Bonchev–Trinajstić information content (AvgIpc) is 2.94. The molecular weight excluding hydrogens is 324 g/mol. The Hall–Kier alpha value is -2.34. The summed E-state index contributed by atoms with van der Waals surface area (Å²) in [4.78, 5) is 12.6. The Bertz CT molecular complexity index is 920. The van der Waals surface area contributed by atoms with Gasteiger partial charge >= 0.3 is 0 Å². The van der Waals surface area contributed by atoms with Gasteiger partial charge in [-0.05, 0) is 55.2 Å². The third-order valence-electron chi connectivity index (χ3n) is 4.24. The molecule has 0 saturated heterocycles. The number of aryl methyl sites for hydroxylation is 2. The summed E-state index contributed by atoms with van der Waals surface area (Å²) in [5.41, 5.74) is 4.81. The Morgan fingerprint density at radius 1 is 1.12 bits per heavy atom. The predicted molar refractivity (Wildman–Crippen MR) is 96.2 cm³/mol. The van der Waals surface area contributed by atoms with Gasteiger partial charge in [-0.25, -0.2) is 8.42 Å². The lowest BCUT2D eigenvalue weighted by molar-refractivity contribution is 0.102. The van der Waals surface area contributed by atoms with Crippen LogP contribution in [0, 0.1) is 13.8 Å². The molecule has 3 rings (SSSR count). The van der Waals surface area contributed by atoms with E-state index in [9.17, 15) is 13.2 Å². The number of amides is 1. The van der Waals surface area contributed by atoms with Gasteiger partial charge in [0, 0.05) is 17.8 Å². The van der Waals surface area contributed by atoms with Crippen LogP contribution < -0.4 is 9.62 Å². The summed E-state index contributed by atoms with van der Waals surface area (Å²) in [6.07, 6.45) is 1.85. The van der Waals surface area contributed by atoms with Crippen LogP contribution in [0.15, 0.2) is 36.4 Å². The molecule has 2 aromatic rings. The van der Waals surface area contributed by atoms with Gasteiger partial charge in [0.1, 0.15) is 0 Å². The van der Waals surface area contributed by atoms with E-state index in [0.717, 1.165) is 22.4 Å². The summed E-state index contributed by atoms with van der Waals surface area (Å²) in [7, 11) is -3.33. The zero-order valence-electron chi connectivity index (χ0n) is 14.0. The highest BCUT2D eigenvalue weighted by molar-refractivity contribution is 7.92. The summed E-state index contributed by atoms with van der Waals surface area (Å²) in [5.74, 6) is -0.244. The number of rotatable bonds is 3. The number of benzene rings is 2. The maximum atomic E-state index is 12.6. The second-order valence-corrected chi connectivity index (χ2v) is 8.11. The van der Waals surface area contributed by atoms with E-state index < -0.39 is 10.0 Å². The zero-order valence-corrected chi connectivity index (χ0v) is 14.8. The first-order chi connectivity index (χ1) is 11.3. The van der Waals surface area contributed by atoms with Crippen molar-refractivity contribution >= 4 is 27.3 Å². The van der Waals surface area contributed by atoms with Crippen molar-refractivity contribution in [3.63, 3.8) is 0 Å². The van der Waals surface area contributed by atoms with Crippen LogP contribution in [0.5, 0.6) is 0 Å². The van der Waals surface area contributed by atoms with E-state index in [0.29, 0.717) is 24.2 Å². The fourth-order valence-electron chi connectivity index (χ4n) is 2.90. The van der Waals surface area contributed by atoms with Crippen LogP contribution in [0.4, 0.5) is 11.4 Å². The highest BCUT2D eigenvalue weighted by Crippen LogP contribution is 2.31. The normalized spacial score (nSPS) is 13.7. The molecule has 1 amide bonds. The average molecular weight is 344 g/mol. The summed E-state index contributed by atoms with van der Waals surface area (Å²) in [5, 5.41) is 2.91. The lowest BCUT2D eigenvalue weighted by atomic mass is 10.1. The van der Waals surface area contributed by atoms with Crippen LogP contribution in [-0.2, 0) is 16.4 Å². The van der Waals surface area contributed by atoms with Crippen LogP contribution in [0.25, 0.3) is 0 Å². The maximum absolute atomic E-state index is 12.6. The molecule has 1 heterocycles. The van der Waals surface area contributed by atoms with Crippen molar-refractivity contribution in [2.24, 2.45) is 0 Å². The number of hydrogen-bond acceptors (Lipinski definition) is 3. The van der Waals surface area contributed by atoms with Crippen LogP contribution in [0.1, 0.15) is 27.0 Å². The smallest absolute Gasteiger partial charge is 0.255 e. The van der Waals surface area contributed by atoms with Crippen molar-refractivity contribution in [3.8, 4) is 0 Å². The van der Waals surface area contributed by atoms with Crippen LogP contribution in [-0.4, -0.2) is 27.1 Å². The Morgan fingerprint density at radius 2 is 1.88 bits per heavy atom. The number of sulfonamides is 1. The van der Waals surface area contributed by atoms with Crippen LogP contribution in [0.3, 0.4) is 0 Å². The summed E-state index contributed by atoms with van der Waals surface area (Å²) >= 11 is 0. The van der Waals surface area contributed by atoms with E-state index in [1.54, 1.807) is 12.1 Å². The van der Waals surface area contributed by atoms with Gasteiger partial charge in [-0.3, -0.25) is 9.10 Å². The van der Waals surface area contributed by atoms with Gasteiger partial charge in [0.25, 0.3) is 5.91 Å². The summed E-state index contributed by atoms with van der Waals surface area (Å²) in [6, 6.07) is 11.1. The molecule has 1 aliphatic rings. The van der Waals surface area contributed by atoms with Gasteiger partial charge < -0.3 is 5.32 Å². The van der Waals surface area contributed by atoms with Gasteiger partial charge in [-0.2, -0.15) is 0 Å². The van der Waals surface area contributed by atoms with Crippen molar-refractivity contribution in [2.45, 2.75) is 20.3 Å². The number of carbonyl (C=O) groups excluding carboxylic acids is 1. The number of fused-ring (bicyclic) bond motifs is 1. The van der Waals surface area contributed by atoms with E-state index in [2.05, 4.69) is 5.32 Å². The van der Waals surface area contributed by atoms with Crippen molar-refractivity contribution < 1.29 is 13.2 Å². The highest BCUT2D eigenvalue weighted by Gasteiger charge is 2.27. The molecule has 0 bridgehead atoms. The lowest BCUT2D eigenvalue weighted by Gasteiger charge is -2.17. The molecule has 0 saturated carbocycles. The molecule has 0 atom stereocenters. The van der Waals surface area contributed by atoms with Gasteiger partial charge in [0.05, 0.1) is 11.9 Å². The first-order valence-electron chi connectivity index (χ1n) is 7.75. The first kappa shape index (κ1) is 16.5. The zero-order chi connectivity index (χ0) is 17.5. The number of anilines is 2. The Balaban J connectivity index is 1.91. The fourth-order valence-corrected chi connectivity index (χ4v) is 3.85. The molecule has 2 aromatic carbocycles. The second-order valence-electron chi connectivity index (χ2n) is 6.20. The molecule has 5 nitrogen and oxygen atoms in total. The molecule has 24 heavy (non-hydrogen) atoms. The monoisotopic (exact) mass is 344 g/mol. The van der Waals surface area contributed by atoms with Crippen LogP contribution in [0.2, 0.25) is 0 Å². The van der Waals surface area contributed by atoms with E-state index in [-0.39, 0.29) is 5.91 Å². The van der Waals surface area contributed by atoms with E-state index in [1.807, 2.05) is 38.1 Å². The lowest BCUT2D eigenvalue weighted by Crippen LogP contribution is -2.27. The molecule has 1 N–H and O–H groups in total. The molecular formula is C18H20N2O3S. The quantitative estimate of drug-likeness (QED) is 0.931. The standard InChI is InChI=1S/C18H20N2O3S/c1-12-4-5-13(2)16(10-12)19-18(21)15-7-6-14-8-9-20(17(14)11-15)24(3,22)23/h4-7,10-11H,8-9H2,1-3H3,(H,19,21). The largest absolute Gasteiger partial charge is 0.322 e. The van der Waals surface area contributed by atoms with Crippen molar-refractivity contribution in [1.82, 2.24) is 0 Å². The topological polar surface area (TPSA) is 66.5 Å². The summed E-state index contributed by atoms with van der Waals surface area (Å²) in [6.45, 7) is 4.33. The minimum absolute atomic E-state index is 0.244. The molecule has 1 aliphatic heterocycles. The van der Waals surface area contributed by atoms with Crippen LogP contribution >= 0.6 is 0 Å². The number of nitrogens with zero attached hydrogens (tertiary/aromatic N) is 1. The first-order valence-corrected chi connectivity index (χ1v) is 9.60. The maximum Gasteiger partial charge on any atom is 0.255 e. The molecule has 126 valence electrons. The number of hydrogen-bond donors (Lipinski definition) is 1. The molecule has 0 unspecified atom stereocenters. The fraction of sp³-hybridized carbons (Fsp3) is 0.278. The van der Waals surface area contributed by atoms with Gasteiger partial charge in [-0.15, -0.1) is 0 Å². The van der Waals surface area contributed by atoms with E-state index >= 15 is 0 Å². The van der Waals surface area contributed by atoms with E-state index in [1.165, 1.54) is 10.6 Å². The third kappa shape index (κ3) is 3.14. The van der Waals surface area contributed by atoms with Gasteiger partial charge in [-0.1, -0.05) is 18.2 Å². The van der Waals surface area contributed by atoms with Crippen molar-refractivity contribution in [3.05, 3.63) is 58.7 Å². The Morgan fingerprint density at radius 3 is 2.58 bits per heavy atom. The minimum atomic E-state index is -3.33. The Kier molecular flexibility index (Phi) is 4.09. The molecule has 0 fully saturated rings. The molecule has 0 aromatic heterocycles. The molecule has 0 radical (unpaired) electrons. The van der Waals surface area contributed by atoms with Gasteiger partial charge in [0.2, 0.25) is 10.0 Å². The SMILES string of the molecule is Cc1ccc(C)c(NC(=O)c2ccc3c(c2)N(S(C)(=O)=O)CC3)c1. The number of carbonyl (C=O) groups is 1. The van der Waals surface area contributed by atoms with Crippen molar-refractivity contribution in [2.75, 3.05) is 22.4 Å². The third-order valence-corrected chi connectivity index (χ3v) is 5.42. The molecule has 6 heteroatoms. The van der Waals surface area contributed by atoms with Gasteiger partial charge in [0.15, 0.2) is 0 Å². The van der Waals surface area contributed by atoms with E-state index in [4.69, 9.17) is 0 Å². The number of nitrogens with one attached hydrogen (secondary N) is 1. The highest BCUT2D eigenvalue weighted by atomic mass is 32.2. The Labute approximate surface area is 142 Å². The second kappa shape index (κ2) is 5.94. The van der Waals surface area contributed by atoms with Crippen molar-refractivity contribution in [1.29, 1.82) is 0 Å². The minimum Gasteiger partial charge on any atom is -0.322 e.